The molecule has 1 aromatic carbocycles. The van der Waals surface area contributed by atoms with E-state index >= 15 is 0 Å². The summed E-state index contributed by atoms with van der Waals surface area (Å²) in [5, 5.41) is 12.0. The van der Waals surface area contributed by atoms with E-state index in [9.17, 15) is 0 Å². The molecule has 0 saturated carbocycles. The molecule has 0 atom stereocenters. The Morgan fingerprint density at radius 3 is 3.00 bits per heavy atom. The van der Waals surface area contributed by atoms with Crippen LogP contribution in [0.25, 0.3) is 10.2 Å². The maximum absolute atomic E-state index is 8.96. The van der Waals surface area contributed by atoms with E-state index in [-0.39, 0.29) is 0 Å². The fourth-order valence-corrected chi connectivity index (χ4v) is 2.68. The molecule has 0 saturated heterocycles. The van der Waals surface area contributed by atoms with Crippen LogP contribution in [0.15, 0.2) is 42.0 Å². The number of nitriles is 1. The van der Waals surface area contributed by atoms with Crippen LogP contribution in [-0.2, 0) is 0 Å². The van der Waals surface area contributed by atoms with Crippen LogP contribution in [0.2, 0.25) is 0 Å². The van der Waals surface area contributed by atoms with Crippen LogP contribution in [0.4, 0.5) is 11.5 Å². The Balaban J connectivity index is 2.10. The van der Waals surface area contributed by atoms with Crippen molar-refractivity contribution in [2.75, 3.05) is 11.9 Å². The second-order valence-electron chi connectivity index (χ2n) is 4.06. The van der Waals surface area contributed by atoms with Gasteiger partial charge in [-0.15, -0.1) is 11.3 Å². The number of hydrogen-bond donors (Lipinski definition) is 0. The third-order valence-corrected chi connectivity index (χ3v) is 3.74. The lowest BCUT2D eigenvalue weighted by Crippen LogP contribution is -2.11. The first-order valence-corrected chi connectivity index (χ1v) is 6.59. The van der Waals surface area contributed by atoms with E-state index in [0.29, 0.717) is 5.56 Å². The van der Waals surface area contributed by atoms with E-state index < -0.39 is 0 Å². The second-order valence-corrected chi connectivity index (χ2v) is 4.95. The van der Waals surface area contributed by atoms with Gasteiger partial charge >= 0.3 is 0 Å². The summed E-state index contributed by atoms with van der Waals surface area (Å²) < 4.78 is 0. The van der Waals surface area contributed by atoms with Gasteiger partial charge in [0.05, 0.1) is 17.0 Å². The Morgan fingerprint density at radius 2 is 2.16 bits per heavy atom. The van der Waals surface area contributed by atoms with Gasteiger partial charge in [0.1, 0.15) is 17.0 Å². The van der Waals surface area contributed by atoms with Gasteiger partial charge in [0, 0.05) is 12.7 Å². The quantitative estimate of drug-likeness (QED) is 0.714. The predicted molar refractivity (Wildman–Crippen MR) is 76.6 cm³/mol. The molecule has 2 aromatic heterocycles. The van der Waals surface area contributed by atoms with E-state index in [1.807, 2.05) is 41.6 Å². The number of nitrogens with zero attached hydrogens (tertiary/aromatic N) is 4. The summed E-state index contributed by atoms with van der Waals surface area (Å²) in [6.45, 7) is 0. The van der Waals surface area contributed by atoms with Crippen LogP contribution < -0.4 is 4.90 Å². The Hall–Kier alpha value is -2.45. The average molecular weight is 266 g/mol. The summed E-state index contributed by atoms with van der Waals surface area (Å²) in [6.07, 6.45) is 1.57. The largest absolute Gasteiger partial charge is 0.329 e. The molecule has 0 unspecified atom stereocenters. The van der Waals surface area contributed by atoms with Crippen molar-refractivity contribution in [2.24, 2.45) is 0 Å². The first kappa shape index (κ1) is 11.6. The Bertz CT molecular complexity index is 772. The van der Waals surface area contributed by atoms with E-state index in [0.717, 1.165) is 21.7 Å². The van der Waals surface area contributed by atoms with Crippen LogP contribution in [-0.4, -0.2) is 17.0 Å². The van der Waals surface area contributed by atoms with Gasteiger partial charge in [-0.3, -0.25) is 0 Å². The molecule has 0 N–H and O–H groups in total. The summed E-state index contributed by atoms with van der Waals surface area (Å²) in [6, 6.07) is 11.6. The van der Waals surface area contributed by atoms with Gasteiger partial charge in [0.25, 0.3) is 0 Å². The maximum Gasteiger partial charge on any atom is 0.144 e. The van der Waals surface area contributed by atoms with Gasteiger partial charge < -0.3 is 4.90 Å². The molecule has 3 aromatic rings. The van der Waals surface area contributed by atoms with Crippen LogP contribution in [0.5, 0.6) is 0 Å². The predicted octanol–water partition coefficient (Wildman–Crippen LogP) is 3.33. The van der Waals surface area contributed by atoms with E-state index in [1.165, 1.54) is 0 Å². The highest BCUT2D eigenvalue weighted by Gasteiger charge is 2.11. The number of anilines is 2. The van der Waals surface area contributed by atoms with Crippen molar-refractivity contribution in [1.29, 1.82) is 5.26 Å². The summed E-state index contributed by atoms with van der Waals surface area (Å²) >= 11 is 1.59. The molecule has 0 aliphatic heterocycles. The topological polar surface area (TPSA) is 52.8 Å². The van der Waals surface area contributed by atoms with Crippen LogP contribution in [0, 0.1) is 11.3 Å². The van der Waals surface area contributed by atoms with Gasteiger partial charge in [-0.2, -0.15) is 5.26 Å². The second kappa shape index (κ2) is 4.67. The van der Waals surface area contributed by atoms with Crippen molar-refractivity contribution < 1.29 is 0 Å². The SMILES string of the molecule is CN(c1cccc(C#N)c1)c1ncnc2sccc12. The number of aromatic nitrogens is 2. The van der Waals surface area contributed by atoms with E-state index in [4.69, 9.17) is 5.26 Å². The molecule has 0 aliphatic carbocycles. The molecule has 0 fully saturated rings. The third-order valence-electron chi connectivity index (χ3n) is 2.92. The van der Waals surface area contributed by atoms with E-state index in [1.54, 1.807) is 23.7 Å². The lowest BCUT2D eigenvalue weighted by atomic mass is 10.2. The van der Waals surface area contributed by atoms with Crippen molar-refractivity contribution in [1.82, 2.24) is 9.97 Å². The molecule has 92 valence electrons. The molecule has 3 rings (SSSR count). The highest BCUT2D eigenvalue weighted by atomic mass is 32.1. The highest BCUT2D eigenvalue weighted by molar-refractivity contribution is 7.16. The van der Waals surface area contributed by atoms with Crippen LogP contribution in [0.3, 0.4) is 0 Å². The molecule has 0 spiro atoms. The Labute approximate surface area is 114 Å². The monoisotopic (exact) mass is 266 g/mol. The number of benzene rings is 1. The molecule has 19 heavy (non-hydrogen) atoms. The zero-order valence-electron chi connectivity index (χ0n) is 10.2. The number of hydrogen-bond acceptors (Lipinski definition) is 5. The van der Waals surface area contributed by atoms with E-state index in [2.05, 4.69) is 16.0 Å². The summed E-state index contributed by atoms with van der Waals surface area (Å²) in [5.74, 6) is 0.848. The molecule has 0 bridgehead atoms. The van der Waals surface area contributed by atoms with Crippen molar-refractivity contribution in [2.45, 2.75) is 0 Å². The lowest BCUT2D eigenvalue weighted by Gasteiger charge is -2.18. The average Bonchev–Trinajstić information content (AvgIpc) is 2.95. The normalized spacial score (nSPS) is 10.3. The Kier molecular flexibility index (Phi) is 2.86. The molecule has 4 nitrogen and oxygen atoms in total. The molecule has 0 amide bonds. The molecule has 0 radical (unpaired) electrons. The minimum atomic E-state index is 0.639. The molecule has 5 heteroatoms. The maximum atomic E-state index is 8.96. The molecule has 0 aliphatic rings. The van der Waals surface area contributed by atoms with Gasteiger partial charge in [-0.25, -0.2) is 9.97 Å². The summed E-state index contributed by atoms with van der Waals surface area (Å²) in [7, 11) is 1.94. The van der Waals surface area contributed by atoms with Gasteiger partial charge in [0.15, 0.2) is 0 Å². The fourth-order valence-electron chi connectivity index (χ4n) is 1.95. The molecular weight excluding hydrogens is 256 g/mol. The first-order chi connectivity index (χ1) is 9.29. The van der Waals surface area contributed by atoms with Crippen molar-refractivity contribution in [3.05, 3.63) is 47.6 Å². The zero-order valence-corrected chi connectivity index (χ0v) is 11.1. The van der Waals surface area contributed by atoms with Gasteiger partial charge in [-0.05, 0) is 29.6 Å². The van der Waals surface area contributed by atoms with Gasteiger partial charge in [0.2, 0.25) is 0 Å². The number of rotatable bonds is 2. The van der Waals surface area contributed by atoms with Crippen LogP contribution in [0.1, 0.15) is 5.56 Å². The first-order valence-electron chi connectivity index (χ1n) is 5.71. The lowest BCUT2D eigenvalue weighted by molar-refractivity contribution is 1.11. The number of thiophene rings is 1. The standard InChI is InChI=1S/C14H10N4S/c1-18(11-4-2-3-10(7-11)8-15)13-12-5-6-19-14(12)17-9-16-13/h2-7,9H,1H3. The van der Waals surface area contributed by atoms with Crippen LogP contribution >= 0.6 is 11.3 Å². The highest BCUT2D eigenvalue weighted by Crippen LogP contribution is 2.30. The minimum absolute atomic E-state index is 0.639. The van der Waals surface area contributed by atoms with Crippen molar-refractivity contribution in [3.63, 3.8) is 0 Å². The Morgan fingerprint density at radius 1 is 1.26 bits per heavy atom. The molecule has 2 heterocycles. The smallest absolute Gasteiger partial charge is 0.144 e. The summed E-state index contributed by atoms with van der Waals surface area (Å²) in [4.78, 5) is 11.5. The van der Waals surface area contributed by atoms with Crippen molar-refractivity contribution >= 4 is 33.1 Å². The fraction of sp³-hybridized carbons (Fsp3) is 0.0714. The molecular formula is C14H10N4S. The third kappa shape index (κ3) is 2.02. The van der Waals surface area contributed by atoms with Crippen molar-refractivity contribution in [3.8, 4) is 6.07 Å². The summed E-state index contributed by atoms with van der Waals surface area (Å²) in [5.41, 5.74) is 1.57. The van der Waals surface area contributed by atoms with Gasteiger partial charge in [-0.1, -0.05) is 6.07 Å². The zero-order chi connectivity index (χ0) is 13.2. The number of fused-ring (bicyclic) bond motifs is 1. The minimum Gasteiger partial charge on any atom is -0.329 e.